The Balaban J connectivity index is 2.27. The fourth-order valence-electron chi connectivity index (χ4n) is 1.64. The van der Waals surface area contributed by atoms with Crippen LogP contribution in [0.15, 0.2) is 18.2 Å². The third-order valence-electron chi connectivity index (χ3n) is 2.28. The second-order valence-corrected chi connectivity index (χ2v) is 3.36. The van der Waals surface area contributed by atoms with E-state index in [-0.39, 0.29) is 11.9 Å². The van der Waals surface area contributed by atoms with Crippen LogP contribution in [0.4, 0.5) is 8.78 Å². The first kappa shape index (κ1) is 9.12. The van der Waals surface area contributed by atoms with E-state index >= 15 is 0 Å². The second-order valence-electron chi connectivity index (χ2n) is 3.36. The van der Waals surface area contributed by atoms with Gasteiger partial charge in [-0.2, -0.15) is 0 Å². The van der Waals surface area contributed by atoms with Gasteiger partial charge in [0.1, 0.15) is 11.6 Å². The summed E-state index contributed by atoms with van der Waals surface area (Å²) in [6.07, 6.45) is 1.02. The van der Waals surface area contributed by atoms with Crippen molar-refractivity contribution in [3.63, 3.8) is 0 Å². The summed E-state index contributed by atoms with van der Waals surface area (Å²) in [7, 11) is 0. The Kier molecular flexibility index (Phi) is 2.19. The van der Waals surface area contributed by atoms with Gasteiger partial charge in [-0.1, -0.05) is 0 Å². The molecule has 1 fully saturated rings. The fourth-order valence-corrected chi connectivity index (χ4v) is 1.64. The average molecular weight is 197 g/mol. The number of carbonyl (C=O) groups is 1. The van der Waals surface area contributed by atoms with Gasteiger partial charge in [0, 0.05) is 12.5 Å². The van der Waals surface area contributed by atoms with Gasteiger partial charge in [0.25, 0.3) is 0 Å². The van der Waals surface area contributed by atoms with Gasteiger partial charge < -0.3 is 5.32 Å². The molecule has 1 heterocycles. The van der Waals surface area contributed by atoms with Gasteiger partial charge in [0.2, 0.25) is 5.91 Å². The van der Waals surface area contributed by atoms with Crippen LogP contribution in [0, 0.1) is 11.6 Å². The highest BCUT2D eigenvalue weighted by Gasteiger charge is 2.22. The van der Waals surface area contributed by atoms with Crippen molar-refractivity contribution >= 4 is 5.91 Å². The number of nitrogens with one attached hydrogen (secondary N) is 1. The van der Waals surface area contributed by atoms with E-state index in [9.17, 15) is 13.6 Å². The Morgan fingerprint density at radius 3 is 2.36 bits per heavy atom. The predicted octanol–water partition coefficient (Wildman–Crippen LogP) is 1.92. The molecule has 4 heteroatoms. The van der Waals surface area contributed by atoms with Crippen molar-refractivity contribution in [2.24, 2.45) is 0 Å². The van der Waals surface area contributed by atoms with Crippen molar-refractivity contribution in [3.05, 3.63) is 35.4 Å². The number of halogens is 2. The van der Waals surface area contributed by atoms with Crippen molar-refractivity contribution < 1.29 is 13.6 Å². The van der Waals surface area contributed by atoms with Crippen LogP contribution in [0.5, 0.6) is 0 Å². The van der Waals surface area contributed by atoms with Gasteiger partial charge >= 0.3 is 0 Å². The zero-order chi connectivity index (χ0) is 10.1. The number of carbonyl (C=O) groups excluding carboxylic acids is 1. The molecule has 0 radical (unpaired) electrons. The Morgan fingerprint density at radius 2 is 1.86 bits per heavy atom. The van der Waals surface area contributed by atoms with E-state index in [2.05, 4.69) is 5.32 Å². The van der Waals surface area contributed by atoms with E-state index in [4.69, 9.17) is 0 Å². The summed E-state index contributed by atoms with van der Waals surface area (Å²) in [4.78, 5) is 10.9. The lowest BCUT2D eigenvalue weighted by Crippen LogP contribution is -2.18. The van der Waals surface area contributed by atoms with Crippen LogP contribution in [-0.2, 0) is 4.79 Å². The summed E-state index contributed by atoms with van der Waals surface area (Å²) < 4.78 is 25.7. The molecule has 14 heavy (non-hydrogen) atoms. The normalized spacial score (nSPS) is 21.0. The van der Waals surface area contributed by atoms with Gasteiger partial charge in [-0.25, -0.2) is 8.78 Å². The van der Waals surface area contributed by atoms with E-state index in [1.165, 1.54) is 12.1 Å². The zero-order valence-corrected chi connectivity index (χ0v) is 7.39. The van der Waals surface area contributed by atoms with E-state index < -0.39 is 11.6 Å². The summed E-state index contributed by atoms with van der Waals surface area (Å²) in [6.45, 7) is 0. The summed E-state index contributed by atoms with van der Waals surface area (Å²) in [5.74, 6) is -1.29. The fraction of sp³-hybridized carbons (Fsp3) is 0.300. The molecule has 74 valence electrons. The molecule has 2 nitrogen and oxygen atoms in total. The van der Waals surface area contributed by atoms with Gasteiger partial charge in [0.05, 0.1) is 6.04 Å². The molecular weight excluding hydrogens is 188 g/mol. The second kappa shape index (κ2) is 3.36. The number of rotatable bonds is 1. The van der Waals surface area contributed by atoms with Crippen molar-refractivity contribution in [3.8, 4) is 0 Å². The Bertz CT molecular complexity index is 358. The lowest BCUT2D eigenvalue weighted by molar-refractivity contribution is -0.119. The first-order valence-electron chi connectivity index (χ1n) is 4.40. The molecule has 1 saturated heterocycles. The molecular formula is C10H9F2NO. The molecule has 0 aliphatic carbocycles. The highest BCUT2D eigenvalue weighted by molar-refractivity contribution is 5.78. The Morgan fingerprint density at radius 1 is 1.21 bits per heavy atom. The third-order valence-corrected chi connectivity index (χ3v) is 2.28. The summed E-state index contributed by atoms with van der Waals surface area (Å²) in [5.41, 5.74) is 0.494. The van der Waals surface area contributed by atoms with E-state index in [0.717, 1.165) is 6.07 Å². The summed E-state index contributed by atoms with van der Waals surface area (Å²) in [5, 5.41) is 2.65. The maximum atomic E-state index is 12.8. The minimum atomic E-state index is -0.610. The van der Waals surface area contributed by atoms with Crippen LogP contribution in [0.3, 0.4) is 0 Å². The van der Waals surface area contributed by atoms with Crippen LogP contribution in [-0.4, -0.2) is 5.91 Å². The molecule has 1 aliphatic rings. The first-order chi connectivity index (χ1) is 6.65. The number of hydrogen-bond acceptors (Lipinski definition) is 1. The van der Waals surface area contributed by atoms with Crippen molar-refractivity contribution in [2.45, 2.75) is 18.9 Å². The molecule has 0 spiro atoms. The van der Waals surface area contributed by atoms with Crippen LogP contribution >= 0.6 is 0 Å². The van der Waals surface area contributed by atoms with E-state index in [1.807, 2.05) is 0 Å². The maximum absolute atomic E-state index is 12.8. The molecule has 1 aromatic carbocycles. The standard InChI is InChI=1S/C10H9F2NO/c11-7-3-6(4-8(12)5-7)9-1-2-10(14)13-9/h3-5,9H,1-2H2,(H,13,14). The highest BCUT2D eigenvalue weighted by atomic mass is 19.1. The number of benzene rings is 1. The molecule has 1 atom stereocenters. The Hall–Kier alpha value is -1.45. The monoisotopic (exact) mass is 197 g/mol. The topological polar surface area (TPSA) is 29.1 Å². The first-order valence-corrected chi connectivity index (χ1v) is 4.40. The van der Waals surface area contributed by atoms with Crippen molar-refractivity contribution in [2.75, 3.05) is 0 Å². The van der Waals surface area contributed by atoms with Gasteiger partial charge in [-0.3, -0.25) is 4.79 Å². The SMILES string of the molecule is O=C1CCC(c2cc(F)cc(F)c2)N1. The molecule has 1 amide bonds. The minimum Gasteiger partial charge on any atom is -0.349 e. The lowest BCUT2D eigenvalue weighted by atomic mass is 10.1. The zero-order valence-electron chi connectivity index (χ0n) is 7.39. The molecule has 2 rings (SSSR count). The molecule has 1 unspecified atom stereocenters. The molecule has 1 aromatic rings. The van der Waals surface area contributed by atoms with Crippen LogP contribution in [0.1, 0.15) is 24.4 Å². The van der Waals surface area contributed by atoms with Crippen molar-refractivity contribution in [1.29, 1.82) is 0 Å². The quantitative estimate of drug-likeness (QED) is 0.732. The lowest BCUT2D eigenvalue weighted by Gasteiger charge is -2.10. The van der Waals surface area contributed by atoms with Crippen molar-refractivity contribution in [1.82, 2.24) is 5.32 Å². The average Bonchev–Trinajstić information content (AvgIpc) is 2.50. The van der Waals surface area contributed by atoms with Gasteiger partial charge in [-0.15, -0.1) is 0 Å². The maximum Gasteiger partial charge on any atom is 0.220 e. The molecule has 0 aromatic heterocycles. The number of amides is 1. The van der Waals surface area contributed by atoms with E-state index in [1.54, 1.807) is 0 Å². The van der Waals surface area contributed by atoms with Crippen LogP contribution in [0.2, 0.25) is 0 Å². The Labute approximate surface area is 79.9 Å². The molecule has 0 saturated carbocycles. The third kappa shape index (κ3) is 1.73. The van der Waals surface area contributed by atoms with Gasteiger partial charge in [-0.05, 0) is 24.1 Å². The number of hydrogen-bond donors (Lipinski definition) is 1. The summed E-state index contributed by atoms with van der Waals surface area (Å²) in [6, 6.07) is 3.08. The van der Waals surface area contributed by atoms with E-state index in [0.29, 0.717) is 18.4 Å². The summed E-state index contributed by atoms with van der Waals surface area (Å²) >= 11 is 0. The smallest absolute Gasteiger partial charge is 0.220 e. The van der Waals surface area contributed by atoms with Gasteiger partial charge in [0.15, 0.2) is 0 Å². The van der Waals surface area contributed by atoms with Crippen LogP contribution in [0.25, 0.3) is 0 Å². The minimum absolute atomic E-state index is 0.0698. The molecule has 1 aliphatic heterocycles. The highest BCUT2D eigenvalue weighted by Crippen LogP contribution is 2.24. The predicted molar refractivity (Wildman–Crippen MR) is 46.5 cm³/mol. The molecule has 1 N–H and O–H groups in total. The van der Waals surface area contributed by atoms with Crippen LogP contribution < -0.4 is 5.32 Å². The molecule has 0 bridgehead atoms. The largest absolute Gasteiger partial charge is 0.349 e.